The van der Waals surface area contributed by atoms with Crippen LogP contribution in [0.2, 0.25) is 0 Å². The van der Waals surface area contributed by atoms with Crippen molar-refractivity contribution in [3.63, 3.8) is 0 Å². The molecular weight excluding hydrogens is 672 g/mol. The Labute approximate surface area is 279 Å². The molecule has 0 amide bonds. The predicted molar refractivity (Wildman–Crippen MR) is 153 cm³/mol. The number of ether oxygens (including phenoxy) is 7. The Morgan fingerprint density at radius 1 is 0.429 bits per heavy atom. The zero-order valence-corrected chi connectivity index (χ0v) is 26.4. The van der Waals surface area contributed by atoms with Gasteiger partial charge in [-0.1, -0.05) is 0 Å². The molecule has 0 aromatic heterocycles. The lowest BCUT2D eigenvalue weighted by atomic mass is 9.87. The first-order chi connectivity index (χ1) is 23.3. The van der Waals surface area contributed by atoms with Gasteiger partial charge in [0.25, 0.3) is 0 Å². The summed E-state index contributed by atoms with van der Waals surface area (Å²) in [5.74, 6) is -4.44. The van der Waals surface area contributed by atoms with E-state index in [9.17, 15) is 71.5 Å². The van der Waals surface area contributed by atoms with Crippen LogP contribution in [0.4, 0.5) is 0 Å². The molecule has 4 rings (SSSR count). The second kappa shape index (κ2) is 17.8. The Kier molecular flexibility index (Phi) is 14.9. The van der Waals surface area contributed by atoms with Crippen LogP contribution in [-0.2, 0) is 33.2 Å². The first kappa shape index (κ1) is 40.9. The molecule has 4 heterocycles. The minimum absolute atomic E-state index is 0.309. The zero-order valence-electron chi connectivity index (χ0n) is 26.4. The zero-order chi connectivity index (χ0) is 36.2. The molecule has 0 bridgehead atoms. The van der Waals surface area contributed by atoms with Crippen LogP contribution in [0.3, 0.4) is 0 Å². The first-order valence-electron chi connectivity index (χ1n) is 15.9. The van der Waals surface area contributed by atoms with Crippen LogP contribution in [0.25, 0.3) is 0 Å². The van der Waals surface area contributed by atoms with Crippen molar-refractivity contribution in [1.29, 1.82) is 0 Å². The molecule has 19 atom stereocenters. The monoisotopic (exact) mass is 722 g/mol. The van der Waals surface area contributed by atoms with E-state index in [1.165, 1.54) is 0 Å². The number of aliphatic hydroxyl groups excluding tert-OH is 14. The highest BCUT2D eigenvalue weighted by Crippen LogP contribution is 2.37. The SMILES string of the molecule is OCC1OC(COCC2C(CO)OC(COCC3C(CO)OC(OC4(CO)OC(CO)C(O)C4O)C(O)C3O)C(O)C2O)C(O)C(O)C1O. The van der Waals surface area contributed by atoms with Crippen LogP contribution >= 0.6 is 0 Å². The van der Waals surface area contributed by atoms with Crippen molar-refractivity contribution in [3.8, 4) is 0 Å². The molecule has 0 aliphatic carbocycles. The van der Waals surface area contributed by atoms with Gasteiger partial charge in [0.2, 0.25) is 5.79 Å². The van der Waals surface area contributed by atoms with Crippen LogP contribution in [0.15, 0.2) is 0 Å². The van der Waals surface area contributed by atoms with Gasteiger partial charge in [0.1, 0.15) is 73.8 Å². The molecule has 4 aliphatic rings. The Balaban J connectivity index is 1.29. The van der Waals surface area contributed by atoms with E-state index in [1.54, 1.807) is 0 Å². The number of hydrogen-bond donors (Lipinski definition) is 14. The van der Waals surface area contributed by atoms with Gasteiger partial charge in [-0.25, -0.2) is 0 Å². The van der Waals surface area contributed by atoms with Gasteiger partial charge in [-0.3, -0.25) is 0 Å². The normalized spacial score (nSPS) is 49.3. The molecule has 21 heteroatoms. The fourth-order valence-electron chi connectivity index (χ4n) is 6.51. The van der Waals surface area contributed by atoms with Crippen LogP contribution in [0, 0.1) is 11.8 Å². The molecule has 0 saturated carbocycles. The van der Waals surface area contributed by atoms with Gasteiger partial charge in [-0.05, 0) is 0 Å². The molecule has 0 radical (unpaired) electrons. The highest BCUT2D eigenvalue weighted by molar-refractivity contribution is 4.99. The van der Waals surface area contributed by atoms with Gasteiger partial charge >= 0.3 is 0 Å². The molecule has 4 saturated heterocycles. The third-order valence-corrected chi connectivity index (χ3v) is 9.61. The van der Waals surface area contributed by atoms with E-state index in [2.05, 4.69) is 0 Å². The summed E-state index contributed by atoms with van der Waals surface area (Å²) in [4.78, 5) is 0. The summed E-state index contributed by atoms with van der Waals surface area (Å²) in [5.41, 5.74) is 0. The topological polar surface area (TPSA) is 348 Å². The summed E-state index contributed by atoms with van der Waals surface area (Å²) < 4.78 is 38.6. The molecule has 4 fully saturated rings. The summed E-state index contributed by atoms with van der Waals surface area (Å²) >= 11 is 0. The van der Waals surface area contributed by atoms with Gasteiger partial charge in [0, 0.05) is 11.8 Å². The Morgan fingerprint density at radius 3 is 1.37 bits per heavy atom. The van der Waals surface area contributed by atoms with E-state index in [0.717, 1.165) is 0 Å². The fraction of sp³-hybridized carbons (Fsp3) is 1.00. The third-order valence-electron chi connectivity index (χ3n) is 9.61. The van der Waals surface area contributed by atoms with Crippen LogP contribution in [-0.4, -0.2) is 235 Å². The van der Waals surface area contributed by atoms with Crippen LogP contribution in [0.1, 0.15) is 0 Å². The minimum Gasteiger partial charge on any atom is -0.394 e. The fourth-order valence-corrected chi connectivity index (χ4v) is 6.51. The second-order valence-electron chi connectivity index (χ2n) is 12.7. The number of rotatable bonds is 15. The lowest BCUT2D eigenvalue weighted by Gasteiger charge is -2.45. The van der Waals surface area contributed by atoms with Crippen LogP contribution < -0.4 is 0 Å². The maximum Gasteiger partial charge on any atom is 0.224 e. The average molecular weight is 723 g/mol. The van der Waals surface area contributed by atoms with Gasteiger partial charge in [-0.2, -0.15) is 0 Å². The van der Waals surface area contributed by atoms with Gasteiger partial charge < -0.3 is 105 Å². The van der Waals surface area contributed by atoms with E-state index < -0.39 is 162 Å². The summed E-state index contributed by atoms with van der Waals surface area (Å²) in [5, 5.41) is 142. The highest BCUT2D eigenvalue weighted by atomic mass is 16.8. The predicted octanol–water partition coefficient (Wildman–Crippen LogP) is -9.17. The maximum absolute atomic E-state index is 10.9. The Bertz CT molecular complexity index is 992. The number of aliphatic hydroxyl groups is 14. The van der Waals surface area contributed by atoms with Crippen molar-refractivity contribution in [3.05, 3.63) is 0 Å². The van der Waals surface area contributed by atoms with Crippen molar-refractivity contribution in [2.45, 2.75) is 104 Å². The van der Waals surface area contributed by atoms with Gasteiger partial charge in [0.15, 0.2) is 6.29 Å². The standard InChI is InChI=1S/C28H50O21/c29-1-12-10(5-43-8-17-22(38)24(40)20(36)14(3-31)46-17)18(34)21(37)16(45-12)7-44-6-11-13(2-30)47-27(25(41)19(11)35)49-28(9-33)26(42)23(39)15(4-32)48-28/h10-27,29-42H,1-9H2. The molecule has 21 nitrogen and oxygen atoms in total. The summed E-state index contributed by atoms with van der Waals surface area (Å²) in [6, 6.07) is 0. The lowest BCUT2D eigenvalue weighted by Crippen LogP contribution is -2.62. The highest BCUT2D eigenvalue weighted by Gasteiger charge is 2.58. The Hall–Kier alpha value is -0.840. The quantitative estimate of drug-likeness (QED) is 0.0746. The summed E-state index contributed by atoms with van der Waals surface area (Å²) in [7, 11) is 0. The second-order valence-corrected chi connectivity index (χ2v) is 12.7. The van der Waals surface area contributed by atoms with E-state index in [-0.39, 0.29) is 13.2 Å². The third kappa shape index (κ3) is 8.53. The molecule has 0 aromatic rings. The first-order valence-corrected chi connectivity index (χ1v) is 15.9. The smallest absolute Gasteiger partial charge is 0.224 e. The molecule has 4 aliphatic heterocycles. The molecule has 288 valence electrons. The molecule has 19 unspecified atom stereocenters. The van der Waals surface area contributed by atoms with Crippen molar-refractivity contribution in [2.75, 3.05) is 59.5 Å². The van der Waals surface area contributed by atoms with Crippen molar-refractivity contribution in [2.24, 2.45) is 11.8 Å². The lowest BCUT2D eigenvalue weighted by molar-refractivity contribution is -0.381. The minimum atomic E-state index is -2.34. The molecule has 0 aromatic carbocycles. The largest absolute Gasteiger partial charge is 0.394 e. The van der Waals surface area contributed by atoms with E-state index in [1.807, 2.05) is 0 Å². The van der Waals surface area contributed by atoms with E-state index in [4.69, 9.17) is 33.2 Å². The molecule has 49 heavy (non-hydrogen) atoms. The van der Waals surface area contributed by atoms with Crippen molar-refractivity contribution in [1.82, 2.24) is 0 Å². The van der Waals surface area contributed by atoms with E-state index in [0.29, 0.717) is 0 Å². The summed E-state index contributed by atoms with van der Waals surface area (Å²) in [6.07, 6.45) is -23.9. The number of hydrogen-bond acceptors (Lipinski definition) is 21. The molecule has 0 spiro atoms. The van der Waals surface area contributed by atoms with Crippen molar-refractivity contribution >= 4 is 0 Å². The molecular formula is C28H50O21. The average Bonchev–Trinajstić information content (AvgIpc) is 3.34. The van der Waals surface area contributed by atoms with Crippen molar-refractivity contribution < 1.29 is 105 Å². The Morgan fingerprint density at radius 2 is 0.878 bits per heavy atom. The summed E-state index contributed by atoms with van der Waals surface area (Å²) in [6.45, 7) is -5.23. The maximum atomic E-state index is 10.9. The van der Waals surface area contributed by atoms with Crippen LogP contribution in [0.5, 0.6) is 0 Å². The van der Waals surface area contributed by atoms with Gasteiger partial charge in [0.05, 0.1) is 77.3 Å². The molecule has 14 N–H and O–H groups in total. The van der Waals surface area contributed by atoms with E-state index >= 15 is 0 Å². The van der Waals surface area contributed by atoms with Gasteiger partial charge in [-0.15, -0.1) is 0 Å².